The average molecular weight is 285 g/mol. The summed E-state index contributed by atoms with van der Waals surface area (Å²) < 4.78 is 10.9. The zero-order chi connectivity index (χ0) is 15.0. The fourth-order valence-electron chi connectivity index (χ4n) is 2.71. The Balaban J connectivity index is 2.36. The monoisotopic (exact) mass is 285 g/mol. The fraction of sp³-hybridized carbons (Fsp3) is 0.938. The molecule has 1 rings (SSSR count). The number of methoxy groups -OCH3 is 1. The van der Waals surface area contributed by atoms with Crippen molar-refractivity contribution in [3.63, 3.8) is 0 Å². The minimum Gasteiger partial charge on any atom is -0.468 e. The molecule has 20 heavy (non-hydrogen) atoms. The largest absolute Gasteiger partial charge is 0.468 e. The van der Waals surface area contributed by atoms with E-state index in [1.807, 2.05) is 6.92 Å². The van der Waals surface area contributed by atoms with Crippen molar-refractivity contribution < 1.29 is 14.3 Å². The summed E-state index contributed by atoms with van der Waals surface area (Å²) in [5.74, 6) is 0.633. The predicted octanol–water partition coefficient (Wildman–Crippen LogP) is 2.90. The van der Waals surface area contributed by atoms with Gasteiger partial charge in [0.25, 0.3) is 0 Å². The summed E-state index contributed by atoms with van der Waals surface area (Å²) in [5.41, 5.74) is -0.632. The summed E-state index contributed by atoms with van der Waals surface area (Å²) in [5, 5.41) is 3.29. The maximum atomic E-state index is 11.9. The van der Waals surface area contributed by atoms with Gasteiger partial charge < -0.3 is 14.8 Å². The van der Waals surface area contributed by atoms with Crippen LogP contribution in [0.2, 0.25) is 0 Å². The molecule has 1 unspecified atom stereocenters. The summed E-state index contributed by atoms with van der Waals surface area (Å²) in [6.45, 7) is 7.72. The van der Waals surface area contributed by atoms with Crippen LogP contribution in [0.15, 0.2) is 0 Å². The van der Waals surface area contributed by atoms with Gasteiger partial charge in [-0.15, -0.1) is 0 Å². The maximum Gasteiger partial charge on any atom is 0.325 e. The molecule has 1 fully saturated rings. The number of ether oxygens (including phenoxy) is 2. The number of rotatable bonds is 8. The lowest BCUT2D eigenvalue weighted by Gasteiger charge is -2.30. The molecule has 0 spiro atoms. The van der Waals surface area contributed by atoms with Gasteiger partial charge in [0.05, 0.1) is 13.2 Å². The Hall–Kier alpha value is -0.610. The maximum absolute atomic E-state index is 11.9. The average Bonchev–Trinajstić information content (AvgIpc) is 2.46. The van der Waals surface area contributed by atoms with Crippen molar-refractivity contribution in [2.75, 3.05) is 20.3 Å². The van der Waals surface area contributed by atoms with Crippen LogP contribution in [-0.2, 0) is 14.3 Å². The van der Waals surface area contributed by atoms with Crippen molar-refractivity contribution in [1.29, 1.82) is 0 Å². The Morgan fingerprint density at radius 3 is 2.50 bits per heavy atom. The quantitative estimate of drug-likeness (QED) is 0.697. The fourth-order valence-corrected chi connectivity index (χ4v) is 2.71. The molecule has 118 valence electrons. The van der Waals surface area contributed by atoms with E-state index in [0.29, 0.717) is 19.1 Å². The molecule has 0 aromatic carbocycles. The molecule has 0 radical (unpaired) electrons. The highest BCUT2D eigenvalue weighted by Crippen LogP contribution is 2.26. The Labute approximate surface area is 123 Å². The van der Waals surface area contributed by atoms with Gasteiger partial charge >= 0.3 is 5.97 Å². The van der Waals surface area contributed by atoms with Gasteiger partial charge in [-0.05, 0) is 57.9 Å². The Morgan fingerprint density at radius 1 is 1.30 bits per heavy atom. The number of hydrogen-bond donors (Lipinski definition) is 1. The lowest BCUT2D eigenvalue weighted by atomic mass is 9.89. The Kier molecular flexibility index (Phi) is 7.52. The molecule has 0 bridgehead atoms. The number of esters is 1. The standard InChI is InChI=1S/C16H31NO3/c1-5-11-17-16(3,15(18)19-4)10-12-20-14-8-6-13(2)7-9-14/h13-14,17H,5-12H2,1-4H3. The number of nitrogens with one attached hydrogen (secondary N) is 1. The third-order valence-corrected chi connectivity index (χ3v) is 4.32. The first-order chi connectivity index (χ1) is 9.51. The van der Waals surface area contributed by atoms with Crippen LogP contribution in [0.25, 0.3) is 0 Å². The molecule has 0 aromatic heterocycles. The first-order valence-electron chi connectivity index (χ1n) is 7.97. The smallest absolute Gasteiger partial charge is 0.325 e. The molecule has 0 amide bonds. The minimum absolute atomic E-state index is 0.202. The molecule has 0 heterocycles. The third-order valence-electron chi connectivity index (χ3n) is 4.32. The van der Waals surface area contributed by atoms with Gasteiger partial charge in [0, 0.05) is 6.61 Å². The van der Waals surface area contributed by atoms with Crippen LogP contribution >= 0.6 is 0 Å². The van der Waals surface area contributed by atoms with E-state index in [4.69, 9.17) is 9.47 Å². The molecule has 1 N–H and O–H groups in total. The summed E-state index contributed by atoms with van der Waals surface area (Å²) in [6, 6.07) is 0. The Morgan fingerprint density at radius 2 is 1.95 bits per heavy atom. The molecule has 0 aromatic rings. The summed E-state index contributed by atoms with van der Waals surface area (Å²) >= 11 is 0. The first-order valence-corrected chi connectivity index (χ1v) is 7.97. The molecule has 4 heteroatoms. The van der Waals surface area contributed by atoms with E-state index in [1.54, 1.807) is 0 Å². The van der Waals surface area contributed by atoms with Crippen molar-refractivity contribution in [3.05, 3.63) is 0 Å². The second-order valence-electron chi connectivity index (χ2n) is 6.25. The van der Waals surface area contributed by atoms with Gasteiger partial charge in [0.15, 0.2) is 0 Å². The van der Waals surface area contributed by atoms with E-state index in [2.05, 4.69) is 19.2 Å². The van der Waals surface area contributed by atoms with Crippen molar-refractivity contribution >= 4 is 5.97 Å². The van der Waals surface area contributed by atoms with Gasteiger partial charge in [0.2, 0.25) is 0 Å². The topological polar surface area (TPSA) is 47.6 Å². The Bertz CT molecular complexity index is 287. The van der Waals surface area contributed by atoms with E-state index in [-0.39, 0.29) is 5.97 Å². The van der Waals surface area contributed by atoms with Crippen LogP contribution in [0, 0.1) is 5.92 Å². The zero-order valence-corrected chi connectivity index (χ0v) is 13.5. The van der Waals surface area contributed by atoms with E-state index >= 15 is 0 Å². The lowest BCUT2D eigenvalue weighted by molar-refractivity contribution is -0.149. The van der Waals surface area contributed by atoms with Gasteiger partial charge in [-0.25, -0.2) is 0 Å². The van der Waals surface area contributed by atoms with E-state index in [0.717, 1.165) is 31.7 Å². The highest BCUT2D eigenvalue weighted by atomic mass is 16.5. The van der Waals surface area contributed by atoms with Gasteiger partial charge in [0.1, 0.15) is 5.54 Å². The van der Waals surface area contributed by atoms with Crippen molar-refractivity contribution in [2.24, 2.45) is 5.92 Å². The summed E-state index contributed by atoms with van der Waals surface area (Å²) in [7, 11) is 1.44. The zero-order valence-electron chi connectivity index (χ0n) is 13.5. The summed E-state index contributed by atoms with van der Waals surface area (Å²) in [6.07, 6.45) is 6.84. The second-order valence-corrected chi connectivity index (χ2v) is 6.25. The van der Waals surface area contributed by atoms with E-state index in [9.17, 15) is 4.79 Å². The van der Waals surface area contributed by atoms with Gasteiger partial charge in [-0.3, -0.25) is 4.79 Å². The van der Waals surface area contributed by atoms with Crippen LogP contribution in [0.3, 0.4) is 0 Å². The highest BCUT2D eigenvalue weighted by molar-refractivity contribution is 5.80. The first kappa shape index (κ1) is 17.4. The molecule has 0 aliphatic heterocycles. The second kappa shape index (κ2) is 8.63. The molecule has 4 nitrogen and oxygen atoms in total. The molecule has 1 aliphatic carbocycles. The number of carbonyl (C=O) groups excluding carboxylic acids is 1. The minimum atomic E-state index is -0.632. The van der Waals surface area contributed by atoms with Crippen LogP contribution in [0.4, 0.5) is 0 Å². The van der Waals surface area contributed by atoms with E-state index in [1.165, 1.54) is 20.0 Å². The number of hydrogen-bond acceptors (Lipinski definition) is 4. The SMILES string of the molecule is CCCNC(C)(CCOC1CCC(C)CC1)C(=O)OC. The molecule has 1 atom stereocenters. The third kappa shape index (κ3) is 5.41. The normalized spacial score (nSPS) is 26.0. The molecular formula is C16H31NO3. The predicted molar refractivity (Wildman–Crippen MR) is 80.7 cm³/mol. The number of carbonyl (C=O) groups is 1. The van der Waals surface area contributed by atoms with E-state index < -0.39 is 5.54 Å². The van der Waals surface area contributed by atoms with Crippen LogP contribution in [0.5, 0.6) is 0 Å². The molecule has 0 saturated heterocycles. The summed E-state index contributed by atoms with van der Waals surface area (Å²) in [4.78, 5) is 11.9. The highest BCUT2D eigenvalue weighted by Gasteiger charge is 2.33. The van der Waals surface area contributed by atoms with Crippen molar-refractivity contribution in [2.45, 2.75) is 70.9 Å². The van der Waals surface area contributed by atoms with Gasteiger partial charge in [-0.2, -0.15) is 0 Å². The van der Waals surface area contributed by atoms with Crippen LogP contribution in [-0.4, -0.2) is 37.9 Å². The molecular weight excluding hydrogens is 254 g/mol. The van der Waals surface area contributed by atoms with Crippen molar-refractivity contribution in [3.8, 4) is 0 Å². The van der Waals surface area contributed by atoms with Gasteiger partial charge in [-0.1, -0.05) is 13.8 Å². The lowest BCUT2D eigenvalue weighted by Crippen LogP contribution is -2.51. The molecule has 1 aliphatic rings. The molecule has 1 saturated carbocycles. The van der Waals surface area contributed by atoms with Crippen LogP contribution in [0.1, 0.15) is 59.3 Å². The van der Waals surface area contributed by atoms with Crippen LogP contribution < -0.4 is 5.32 Å². The van der Waals surface area contributed by atoms with Crippen molar-refractivity contribution in [1.82, 2.24) is 5.32 Å².